The summed E-state index contributed by atoms with van der Waals surface area (Å²) in [6, 6.07) is 9.62. The monoisotopic (exact) mass is 456 g/mol. The van der Waals surface area contributed by atoms with Crippen molar-refractivity contribution >= 4 is 34.5 Å². The maximum Gasteiger partial charge on any atom is 0.443 e. The second-order valence-corrected chi connectivity index (χ2v) is 7.13. The molecule has 0 fully saturated rings. The third kappa shape index (κ3) is 5.52. The molecule has 160 valence electrons. The van der Waals surface area contributed by atoms with Crippen LogP contribution in [0.4, 0.5) is 18.9 Å². The maximum atomic E-state index is 12.7. The van der Waals surface area contributed by atoms with E-state index in [0.717, 1.165) is 5.56 Å². The lowest BCUT2D eigenvalue weighted by Gasteiger charge is -2.10. The topological polar surface area (TPSA) is 51.2 Å². The minimum absolute atomic E-state index is 0.131. The number of anilines is 1. The van der Waals surface area contributed by atoms with Crippen LogP contribution in [0.15, 0.2) is 41.8 Å². The lowest BCUT2D eigenvalue weighted by Crippen LogP contribution is -2.13. The third-order valence-corrected chi connectivity index (χ3v) is 5.13. The first kappa shape index (κ1) is 23.7. The van der Waals surface area contributed by atoms with Crippen LogP contribution < -0.4 is 10.1 Å². The van der Waals surface area contributed by atoms with E-state index >= 15 is 0 Å². The van der Waals surface area contributed by atoms with Gasteiger partial charge in [0.05, 0.1) is 17.8 Å². The van der Waals surface area contributed by atoms with E-state index in [2.05, 4.69) is 10.3 Å². The number of methoxy groups -OCH3 is 1. The van der Waals surface area contributed by atoms with Crippen LogP contribution in [0.1, 0.15) is 34.8 Å². The number of alkyl halides is 3. The molecule has 0 atom stereocenters. The lowest BCUT2D eigenvalue weighted by molar-refractivity contribution is -0.137. The number of hydrogen-bond acceptors (Lipinski definition) is 4. The summed E-state index contributed by atoms with van der Waals surface area (Å²) in [4.78, 5) is 16.1. The van der Waals surface area contributed by atoms with Gasteiger partial charge < -0.3 is 10.1 Å². The molecule has 30 heavy (non-hydrogen) atoms. The summed E-state index contributed by atoms with van der Waals surface area (Å²) in [6.07, 6.45) is -4.50. The van der Waals surface area contributed by atoms with Gasteiger partial charge in [-0.3, -0.25) is 4.79 Å². The van der Waals surface area contributed by atoms with Gasteiger partial charge in [-0.15, -0.1) is 11.3 Å². The zero-order valence-corrected chi connectivity index (χ0v) is 18.3. The van der Waals surface area contributed by atoms with Crippen molar-refractivity contribution in [2.75, 3.05) is 12.4 Å². The Labute approximate surface area is 181 Å². The highest BCUT2D eigenvalue weighted by atomic mass is 35.5. The normalized spacial score (nSPS) is 10.8. The van der Waals surface area contributed by atoms with Crippen LogP contribution in [0.3, 0.4) is 0 Å². The number of rotatable bonds is 4. The molecule has 0 saturated heterocycles. The molecule has 3 aromatic rings. The highest BCUT2D eigenvalue weighted by molar-refractivity contribution is 7.10. The van der Waals surface area contributed by atoms with Gasteiger partial charge in [0.15, 0.2) is 5.01 Å². The van der Waals surface area contributed by atoms with Crippen molar-refractivity contribution in [2.45, 2.75) is 26.9 Å². The minimum atomic E-state index is -4.50. The van der Waals surface area contributed by atoms with Crippen LogP contribution in [-0.2, 0) is 6.18 Å². The smallest absolute Gasteiger partial charge is 0.443 e. The number of carbonyl (C=O) groups is 1. The van der Waals surface area contributed by atoms with Crippen molar-refractivity contribution in [2.24, 2.45) is 0 Å². The van der Waals surface area contributed by atoms with E-state index in [4.69, 9.17) is 16.3 Å². The Balaban J connectivity index is 0.00000155. The summed E-state index contributed by atoms with van der Waals surface area (Å²) in [7, 11) is 1.54. The van der Waals surface area contributed by atoms with Gasteiger partial charge in [-0.25, -0.2) is 4.98 Å². The van der Waals surface area contributed by atoms with E-state index in [-0.39, 0.29) is 16.6 Å². The SMILES string of the molecule is CC.COc1ccc(C(=O)Nc2ccc(-c3csc(C(F)(F)F)n3)c(Cl)c2)c(C)c1. The molecule has 0 unspecified atom stereocenters. The number of hydrogen-bond donors (Lipinski definition) is 1. The predicted octanol–water partition coefficient (Wildman–Crippen LogP) is 7.08. The second-order valence-electron chi connectivity index (χ2n) is 5.87. The van der Waals surface area contributed by atoms with Crippen LogP contribution in [0, 0.1) is 6.92 Å². The van der Waals surface area contributed by atoms with E-state index in [1.54, 1.807) is 31.2 Å². The largest absolute Gasteiger partial charge is 0.497 e. The van der Waals surface area contributed by atoms with Crippen LogP contribution >= 0.6 is 22.9 Å². The van der Waals surface area contributed by atoms with E-state index < -0.39 is 11.2 Å². The molecule has 0 bridgehead atoms. The average molecular weight is 457 g/mol. The van der Waals surface area contributed by atoms with Crippen molar-refractivity contribution in [1.82, 2.24) is 4.98 Å². The Morgan fingerprint density at radius 3 is 2.40 bits per heavy atom. The van der Waals surface area contributed by atoms with E-state index in [1.165, 1.54) is 24.6 Å². The van der Waals surface area contributed by atoms with E-state index in [9.17, 15) is 18.0 Å². The number of carbonyl (C=O) groups excluding carboxylic acids is 1. The molecule has 2 aromatic carbocycles. The molecule has 0 aliphatic rings. The molecule has 4 nitrogen and oxygen atoms in total. The van der Waals surface area contributed by atoms with Crippen LogP contribution in [0.25, 0.3) is 11.3 Å². The second kappa shape index (κ2) is 9.95. The average Bonchev–Trinajstić information content (AvgIpc) is 3.20. The molecule has 0 aliphatic carbocycles. The van der Waals surface area contributed by atoms with Crippen molar-refractivity contribution in [3.63, 3.8) is 0 Å². The fraction of sp³-hybridized carbons (Fsp3) is 0.238. The zero-order valence-electron chi connectivity index (χ0n) is 16.7. The number of ether oxygens (including phenoxy) is 1. The maximum absolute atomic E-state index is 12.7. The standard InChI is InChI=1S/C19H14ClF3N2O2S.C2H6/c1-10-7-12(27-2)4-6-13(10)17(26)24-11-3-5-14(15(20)8-11)16-9-28-18(25-16)19(21,22)23;1-2/h3-9H,1-2H3,(H,24,26);1-2H3. The molecule has 1 heterocycles. The van der Waals surface area contributed by atoms with E-state index in [1.807, 2.05) is 13.8 Å². The van der Waals surface area contributed by atoms with Gasteiger partial charge in [-0.2, -0.15) is 13.2 Å². The van der Waals surface area contributed by atoms with E-state index in [0.29, 0.717) is 33.9 Å². The predicted molar refractivity (Wildman–Crippen MR) is 115 cm³/mol. The number of nitrogens with one attached hydrogen (secondary N) is 1. The van der Waals surface area contributed by atoms with Crippen molar-refractivity contribution in [3.05, 3.63) is 62.9 Å². The quantitative estimate of drug-likeness (QED) is 0.456. The fourth-order valence-corrected chi connectivity index (χ4v) is 3.51. The molecular weight excluding hydrogens is 437 g/mol. The third-order valence-electron chi connectivity index (χ3n) is 3.93. The molecule has 0 radical (unpaired) electrons. The Hall–Kier alpha value is -2.58. The van der Waals surface area contributed by atoms with Gasteiger partial charge in [0.2, 0.25) is 0 Å². The van der Waals surface area contributed by atoms with Gasteiger partial charge in [0.1, 0.15) is 5.75 Å². The highest BCUT2D eigenvalue weighted by Crippen LogP contribution is 2.36. The first-order valence-electron chi connectivity index (χ1n) is 8.97. The first-order valence-corrected chi connectivity index (χ1v) is 10.2. The lowest BCUT2D eigenvalue weighted by atomic mass is 10.1. The molecule has 0 spiro atoms. The molecule has 0 saturated carbocycles. The van der Waals surface area contributed by atoms with Crippen molar-refractivity contribution in [1.29, 1.82) is 0 Å². The number of benzene rings is 2. The number of amides is 1. The Bertz CT molecular complexity index is 1040. The van der Waals surface area contributed by atoms with Gasteiger partial charge in [-0.1, -0.05) is 25.4 Å². The minimum Gasteiger partial charge on any atom is -0.497 e. The number of halogens is 4. The van der Waals surface area contributed by atoms with Gasteiger partial charge in [-0.05, 0) is 48.9 Å². The fourth-order valence-electron chi connectivity index (χ4n) is 2.54. The molecule has 9 heteroatoms. The van der Waals surface area contributed by atoms with Gasteiger partial charge in [0.25, 0.3) is 5.91 Å². The number of aryl methyl sites for hydroxylation is 1. The summed E-state index contributed by atoms with van der Waals surface area (Å²) in [5.74, 6) is 0.305. The van der Waals surface area contributed by atoms with Crippen molar-refractivity contribution < 1.29 is 22.7 Å². The van der Waals surface area contributed by atoms with Gasteiger partial charge in [0, 0.05) is 22.2 Å². The van der Waals surface area contributed by atoms with Crippen molar-refractivity contribution in [3.8, 4) is 17.0 Å². The highest BCUT2D eigenvalue weighted by Gasteiger charge is 2.34. The zero-order chi connectivity index (χ0) is 22.5. The Morgan fingerprint density at radius 2 is 1.87 bits per heavy atom. The molecule has 1 aromatic heterocycles. The summed E-state index contributed by atoms with van der Waals surface area (Å²) < 4.78 is 43.3. The first-order chi connectivity index (χ1) is 14.2. The Morgan fingerprint density at radius 1 is 1.17 bits per heavy atom. The molecular formula is C21H20ClF3N2O2S. The summed E-state index contributed by atoms with van der Waals surface area (Å²) in [5, 5.41) is 3.26. The summed E-state index contributed by atoms with van der Waals surface area (Å²) in [6.45, 7) is 5.79. The molecule has 0 aliphatic heterocycles. The van der Waals surface area contributed by atoms with Crippen LogP contribution in [-0.4, -0.2) is 18.0 Å². The molecule has 1 amide bonds. The molecule has 1 N–H and O–H groups in total. The molecule has 3 rings (SSSR count). The summed E-state index contributed by atoms with van der Waals surface area (Å²) >= 11 is 6.71. The van der Waals surface area contributed by atoms with Gasteiger partial charge >= 0.3 is 6.18 Å². The van der Waals surface area contributed by atoms with Crippen LogP contribution in [0.5, 0.6) is 5.75 Å². The number of aromatic nitrogens is 1. The Kier molecular flexibility index (Phi) is 7.86. The number of thiazole rings is 1. The summed E-state index contributed by atoms with van der Waals surface area (Å²) in [5.41, 5.74) is 2.11. The van der Waals surface area contributed by atoms with Crippen LogP contribution in [0.2, 0.25) is 5.02 Å². The number of nitrogens with zero attached hydrogens (tertiary/aromatic N) is 1.